The average molecular weight is 462 g/mol. The van der Waals surface area contributed by atoms with Gasteiger partial charge in [-0.25, -0.2) is 14.4 Å². The van der Waals surface area contributed by atoms with Crippen LogP contribution in [0.15, 0.2) is 79.1 Å². The predicted molar refractivity (Wildman–Crippen MR) is 129 cm³/mol. The fraction of sp³-hybridized carbons (Fsp3) is 0.0400. The van der Waals surface area contributed by atoms with Crippen molar-refractivity contribution in [3.8, 4) is 22.6 Å². The van der Waals surface area contributed by atoms with Crippen LogP contribution in [0.25, 0.3) is 21.3 Å². The van der Waals surface area contributed by atoms with Gasteiger partial charge in [-0.3, -0.25) is 0 Å². The van der Waals surface area contributed by atoms with Gasteiger partial charge >= 0.3 is 0 Å². The summed E-state index contributed by atoms with van der Waals surface area (Å²) in [6, 6.07) is 21.4. The summed E-state index contributed by atoms with van der Waals surface area (Å²) in [5, 5.41) is 4.82. The van der Waals surface area contributed by atoms with Crippen LogP contribution in [-0.2, 0) is 0 Å². The Hall–Kier alpha value is -3.48. The Labute approximate surface area is 193 Å². The molecule has 0 unspecified atom stereocenters. The van der Waals surface area contributed by atoms with E-state index in [2.05, 4.69) is 15.3 Å². The number of hydrogen-bond acceptors (Lipinski definition) is 5. The molecule has 0 aliphatic carbocycles. The molecule has 3 aromatic carbocycles. The number of rotatable bonds is 5. The lowest BCUT2D eigenvalue weighted by molar-refractivity contribution is 0.485. The van der Waals surface area contributed by atoms with Crippen molar-refractivity contribution in [2.45, 2.75) is 6.92 Å². The van der Waals surface area contributed by atoms with Gasteiger partial charge < -0.3 is 10.1 Å². The van der Waals surface area contributed by atoms with E-state index in [1.165, 1.54) is 18.5 Å². The second kappa shape index (κ2) is 8.57. The minimum atomic E-state index is -0.276. The molecule has 5 rings (SSSR count). The van der Waals surface area contributed by atoms with Crippen molar-refractivity contribution in [3.05, 3.63) is 94.8 Å². The summed E-state index contributed by atoms with van der Waals surface area (Å²) in [6.07, 6.45) is 1.53. The van der Waals surface area contributed by atoms with Crippen LogP contribution in [0.2, 0.25) is 5.02 Å². The van der Waals surface area contributed by atoms with E-state index >= 15 is 0 Å². The Balaban J connectivity index is 1.61. The number of thiophene rings is 1. The number of halogens is 2. The number of hydrogen-bond donors (Lipinski definition) is 1. The van der Waals surface area contributed by atoms with Gasteiger partial charge in [0.05, 0.1) is 11.1 Å². The van der Waals surface area contributed by atoms with Crippen molar-refractivity contribution in [2.24, 2.45) is 0 Å². The number of aryl methyl sites for hydroxylation is 1. The van der Waals surface area contributed by atoms with Crippen molar-refractivity contribution in [1.29, 1.82) is 0 Å². The van der Waals surface area contributed by atoms with Gasteiger partial charge in [0.25, 0.3) is 0 Å². The van der Waals surface area contributed by atoms with E-state index in [0.717, 1.165) is 26.2 Å². The van der Waals surface area contributed by atoms with Crippen LogP contribution in [-0.4, -0.2) is 9.97 Å². The van der Waals surface area contributed by atoms with E-state index in [4.69, 9.17) is 16.3 Å². The van der Waals surface area contributed by atoms with Gasteiger partial charge in [0, 0.05) is 15.5 Å². The Morgan fingerprint density at radius 2 is 1.75 bits per heavy atom. The smallest absolute Gasteiger partial charge is 0.151 e. The molecule has 0 fully saturated rings. The zero-order valence-electron chi connectivity index (χ0n) is 17.0. The molecule has 5 aromatic rings. The monoisotopic (exact) mass is 461 g/mol. The fourth-order valence-corrected chi connectivity index (χ4v) is 4.72. The Kier molecular flexibility index (Phi) is 5.47. The third kappa shape index (κ3) is 4.02. The number of ether oxygens (including phenoxy) is 1. The maximum absolute atomic E-state index is 13.5. The number of benzene rings is 3. The quantitative estimate of drug-likeness (QED) is 0.288. The molecule has 0 atom stereocenters. The molecule has 158 valence electrons. The van der Waals surface area contributed by atoms with E-state index in [-0.39, 0.29) is 5.82 Å². The molecular formula is C25H17ClFN3OS. The SMILES string of the molecule is Cc1sc2ncnc(Nc3cc(Cl)ccc3Oc3ccccc3)c2c1-c1ccc(F)cc1. The Bertz CT molecular complexity index is 1400. The van der Waals surface area contributed by atoms with Crippen LogP contribution < -0.4 is 10.1 Å². The van der Waals surface area contributed by atoms with Gasteiger partial charge in [0.1, 0.15) is 28.5 Å². The van der Waals surface area contributed by atoms with Crippen LogP contribution in [0, 0.1) is 12.7 Å². The van der Waals surface area contributed by atoms with Gasteiger partial charge in [0.2, 0.25) is 0 Å². The first kappa shape index (κ1) is 20.4. The van der Waals surface area contributed by atoms with Gasteiger partial charge in [0.15, 0.2) is 5.75 Å². The molecule has 0 spiro atoms. The summed E-state index contributed by atoms with van der Waals surface area (Å²) in [6.45, 7) is 2.03. The highest BCUT2D eigenvalue weighted by atomic mass is 35.5. The topological polar surface area (TPSA) is 47.0 Å². The maximum atomic E-state index is 13.5. The van der Waals surface area contributed by atoms with E-state index < -0.39 is 0 Å². The number of aromatic nitrogens is 2. The molecule has 1 N–H and O–H groups in total. The first-order valence-corrected chi connectivity index (χ1v) is 11.1. The minimum absolute atomic E-state index is 0.276. The molecule has 2 heterocycles. The molecule has 2 aromatic heterocycles. The minimum Gasteiger partial charge on any atom is -0.455 e. The van der Waals surface area contributed by atoms with Crippen molar-refractivity contribution < 1.29 is 9.13 Å². The molecule has 0 radical (unpaired) electrons. The van der Waals surface area contributed by atoms with Crippen LogP contribution in [0.1, 0.15) is 4.88 Å². The largest absolute Gasteiger partial charge is 0.455 e. The van der Waals surface area contributed by atoms with Gasteiger partial charge in [-0.05, 0) is 55.0 Å². The number of anilines is 2. The molecule has 7 heteroatoms. The highest BCUT2D eigenvalue weighted by molar-refractivity contribution is 7.19. The average Bonchev–Trinajstić information content (AvgIpc) is 3.14. The zero-order valence-corrected chi connectivity index (χ0v) is 18.5. The van der Waals surface area contributed by atoms with Crippen molar-refractivity contribution in [1.82, 2.24) is 9.97 Å². The summed E-state index contributed by atoms with van der Waals surface area (Å²) in [4.78, 5) is 10.9. The molecule has 0 aliphatic rings. The lowest BCUT2D eigenvalue weighted by Gasteiger charge is -2.14. The highest BCUT2D eigenvalue weighted by Gasteiger charge is 2.18. The lowest BCUT2D eigenvalue weighted by Crippen LogP contribution is -1.98. The normalized spacial score (nSPS) is 11.0. The zero-order chi connectivity index (χ0) is 22.1. The van der Waals surface area contributed by atoms with Gasteiger partial charge in [-0.1, -0.05) is 41.9 Å². The standard InChI is InChI=1S/C25H17ClFN3OS/c1-15-22(16-7-10-18(27)11-8-16)23-24(28-14-29-25(23)32-15)30-20-13-17(26)9-12-21(20)31-19-5-3-2-4-6-19/h2-14H,1H3,(H,28,29,30). The predicted octanol–water partition coefficient (Wildman–Crippen LogP) is 8.00. The molecule has 32 heavy (non-hydrogen) atoms. The van der Waals surface area contributed by atoms with Crippen LogP contribution in [0.4, 0.5) is 15.9 Å². The third-order valence-electron chi connectivity index (χ3n) is 4.96. The molecule has 0 saturated carbocycles. The number of para-hydroxylation sites is 1. The molecule has 0 amide bonds. The van der Waals surface area contributed by atoms with E-state index in [1.807, 2.05) is 43.3 Å². The molecule has 0 aliphatic heterocycles. The van der Waals surface area contributed by atoms with Crippen molar-refractivity contribution in [2.75, 3.05) is 5.32 Å². The first-order chi connectivity index (χ1) is 15.6. The molecule has 0 saturated heterocycles. The van der Waals surface area contributed by atoms with Gasteiger partial charge in [-0.15, -0.1) is 11.3 Å². The second-order valence-electron chi connectivity index (χ2n) is 7.12. The van der Waals surface area contributed by atoms with Gasteiger partial charge in [-0.2, -0.15) is 0 Å². The number of nitrogens with one attached hydrogen (secondary N) is 1. The summed E-state index contributed by atoms with van der Waals surface area (Å²) in [7, 11) is 0. The first-order valence-electron chi connectivity index (χ1n) is 9.88. The molecule has 0 bridgehead atoms. The summed E-state index contributed by atoms with van der Waals surface area (Å²) in [5.74, 6) is 1.67. The van der Waals surface area contributed by atoms with E-state index in [1.54, 1.807) is 35.6 Å². The molecular weight excluding hydrogens is 445 g/mol. The number of fused-ring (bicyclic) bond motifs is 1. The van der Waals surface area contributed by atoms with Crippen LogP contribution in [0.3, 0.4) is 0 Å². The summed E-state index contributed by atoms with van der Waals surface area (Å²) in [5.41, 5.74) is 2.55. The lowest BCUT2D eigenvalue weighted by atomic mass is 10.0. The summed E-state index contributed by atoms with van der Waals surface area (Å²) < 4.78 is 19.6. The Morgan fingerprint density at radius 1 is 0.969 bits per heavy atom. The molecule has 4 nitrogen and oxygen atoms in total. The van der Waals surface area contributed by atoms with Crippen molar-refractivity contribution >= 4 is 44.7 Å². The van der Waals surface area contributed by atoms with E-state index in [9.17, 15) is 4.39 Å². The Morgan fingerprint density at radius 3 is 2.53 bits per heavy atom. The van der Waals surface area contributed by atoms with Crippen molar-refractivity contribution in [3.63, 3.8) is 0 Å². The van der Waals surface area contributed by atoms with E-state index in [0.29, 0.717) is 28.0 Å². The maximum Gasteiger partial charge on any atom is 0.151 e. The van der Waals surface area contributed by atoms with Crippen LogP contribution in [0.5, 0.6) is 11.5 Å². The second-order valence-corrected chi connectivity index (χ2v) is 8.76. The highest BCUT2D eigenvalue weighted by Crippen LogP contribution is 2.42. The van der Waals surface area contributed by atoms with Crippen LogP contribution >= 0.6 is 22.9 Å². The summed E-state index contributed by atoms with van der Waals surface area (Å²) >= 11 is 7.86. The fourth-order valence-electron chi connectivity index (χ4n) is 3.54. The third-order valence-corrected chi connectivity index (χ3v) is 6.21. The number of nitrogens with zero attached hydrogens (tertiary/aromatic N) is 2.